The Morgan fingerprint density at radius 3 is 2.95 bits per heavy atom. The maximum absolute atomic E-state index is 11.3. The van der Waals surface area contributed by atoms with Crippen molar-refractivity contribution in [2.45, 2.75) is 26.3 Å². The van der Waals surface area contributed by atoms with E-state index in [2.05, 4.69) is 17.0 Å². The predicted octanol–water partition coefficient (Wildman–Crippen LogP) is 2.01. The van der Waals surface area contributed by atoms with Gasteiger partial charge in [-0.2, -0.15) is 0 Å². The first-order chi connectivity index (χ1) is 9.22. The second-order valence-electron chi connectivity index (χ2n) is 4.72. The van der Waals surface area contributed by atoms with Gasteiger partial charge >= 0.3 is 5.97 Å². The van der Waals surface area contributed by atoms with Crippen LogP contribution in [0.1, 0.15) is 24.5 Å². The van der Waals surface area contributed by atoms with Gasteiger partial charge in [0.1, 0.15) is 5.75 Å². The average Bonchev–Trinajstić information content (AvgIpc) is 2.44. The van der Waals surface area contributed by atoms with Crippen molar-refractivity contribution >= 4 is 5.97 Å². The van der Waals surface area contributed by atoms with Gasteiger partial charge in [0.15, 0.2) is 0 Å². The van der Waals surface area contributed by atoms with Crippen LogP contribution in [0.2, 0.25) is 0 Å². The number of carbonyl (C=O) groups is 1. The number of esters is 1. The molecule has 1 aromatic carbocycles. The fraction of sp³-hybridized carbons (Fsp3) is 0.533. The van der Waals surface area contributed by atoms with Gasteiger partial charge in [-0.3, -0.25) is 9.69 Å². The molecule has 1 heterocycles. The molecule has 0 saturated carbocycles. The van der Waals surface area contributed by atoms with E-state index < -0.39 is 0 Å². The third-order valence-electron chi connectivity index (χ3n) is 3.44. The number of ether oxygens (including phenoxy) is 2. The Bertz CT molecular complexity index is 445. The molecular formula is C15H21NO3. The average molecular weight is 263 g/mol. The Labute approximate surface area is 114 Å². The minimum absolute atomic E-state index is 0.108. The molecule has 0 amide bonds. The summed E-state index contributed by atoms with van der Waals surface area (Å²) in [5.41, 5.74) is 2.68. The van der Waals surface area contributed by atoms with Crippen LogP contribution in [0.3, 0.4) is 0 Å². The van der Waals surface area contributed by atoms with Crippen LogP contribution < -0.4 is 4.74 Å². The van der Waals surface area contributed by atoms with Crippen LogP contribution in [0.4, 0.5) is 0 Å². The maximum Gasteiger partial charge on any atom is 0.307 e. The molecule has 1 aromatic rings. The van der Waals surface area contributed by atoms with Gasteiger partial charge in [0.05, 0.1) is 20.1 Å². The quantitative estimate of drug-likeness (QED) is 0.762. The number of benzene rings is 1. The van der Waals surface area contributed by atoms with E-state index >= 15 is 0 Å². The molecule has 2 rings (SSSR count). The van der Waals surface area contributed by atoms with Crippen molar-refractivity contribution in [2.75, 3.05) is 26.8 Å². The van der Waals surface area contributed by atoms with Crippen LogP contribution in [0.5, 0.6) is 5.75 Å². The third-order valence-corrected chi connectivity index (χ3v) is 3.44. The molecule has 104 valence electrons. The highest BCUT2D eigenvalue weighted by molar-refractivity contribution is 5.69. The molecule has 1 aliphatic heterocycles. The van der Waals surface area contributed by atoms with Gasteiger partial charge < -0.3 is 9.47 Å². The zero-order chi connectivity index (χ0) is 13.7. The summed E-state index contributed by atoms with van der Waals surface area (Å²) in [4.78, 5) is 13.6. The molecule has 4 nitrogen and oxygen atoms in total. The topological polar surface area (TPSA) is 38.8 Å². The minimum Gasteiger partial charge on any atom is -0.497 e. The molecule has 0 fully saturated rings. The number of rotatable bonds is 5. The summed E-state index contributed by atoms with van der Waals surface area (Å²) < 4.78 is 10.2. The number of hydrogen-bond acceptors (Lipinski definition) is 4. The Kier molecular flexibility index (Phi) is 4.80. The van der Waals surface area contributed by atoms with Crippen LogP contribution in [0, 0.1) is 0 Å². The van der Waals surface area contributed by atoms with Crippen LogP contribution in [0.15, 0.2) is 18.2 Å². The summed E-state index contributed by atoms with van der Waals surface area (Å²) in [6.45, 7) is 4.95. The Morgan fingerprint density at radius 1 is 1.37 bits per heavy atom. The fourth-order valence-corrected chi connectivity index (χ4v) is 2.39. The molecule has 1 aliphatic rings. The standard InChI is InChI=1S/C15H21NO3/c1-3-19-15(17)7-9-16-8-6-12-10-14(18-2)5-4-13(12)11-16/h4-5,10H,3,6-9,11H2,1-2H3. The predicted molar refractivity (Wildman–Crippen MR) is 73.2 cm³/mol. The summed E-state index contributed by atoms with van der Waals surface area (Å²) in [5, 5.41) is 0. The van der Waals surface area contributed by atoms with E-state index in [1.807, 2.05) is 13.0 Å². The maximum atomic E-state index is 11.3. The van der Waals surface area contributed by atoms with Gasteiger partial charge in [0.25, 0.3) is 0 Å². The summed E-state index contributed by atoms with van der Waals surface area (Å²) in [6.07, 6.45) is 1.48. The van der Waals surface area contributed by atoms with Crippen molar-refractivity contribution in [2.24, 2.45) is 0 Å². The zero-order valence-electron chi connectivity index (χ0n) is 11.6. The summed E-state index contributed by atoms with van der Waals surface area (Å²) >= 11 is 0. The summed E-state index contributed by atoms with van der Waals surface area (Å²) in [5.74, 6) is 0.807. The van der Waals surface area contributed by atoms with Crippen LogP contribution in [-0.4, -0.2) is 37.7 Å². The van der Waals surface area contributed by atoms with Crippen LogP contribution >= 0.6 is 0 Å². The van der Waals surface area contributed by atoms with Crippen molar-refractivity contribution in [1.82, 2.24) is 4.90 Å². The van der Waals surface area contributed by atoms with Gasteiger partial charge in [-0.1, -0.05) is 6.07 Å². The van der Waals surface area contributed by atoms with E-state index in [-0.39, 0.29) is 5.97 Å². The van der Waals surface area contributed by atoms with Crippen molar-refractivity contribution in [1.29, 1.82) is 0 Å². The van der Waals surface area contributed by atoms with E-state index in [9.17, 15) is 4.79 Å². The van der Waals surface area contributed by atoms with E-state index in [1.165, 1.54) is 11.1 Å². The van der Waals surface area contributed by atoms with Gasteiger partial charge in [0.2, 0.25) is 0 Å². The Balaban J connectivity index is 1.89. The molecule has 0 bridgehead atoms. The summed E-state index contributed by atoms with van der Waals surface area (Å²) in [6, 6.07) is 6.22. The lowest BCUT2D eigenvalue weighted by Gasteiger charge is -2.28. The van der Waals surface area contributed by atoms with E-state index in [1.54, 1.807) is 7.11 Å². The molecule has 19 heavy (non-hydrogen) atoms. The molecule has 0 aliphatic carbocycles. The minimum atomic E-state index is -0.108. The second kappa shape index (κ2) is 6.57. The molecule has 0 atom stereocenters. The lowest BCUT2D eigenvalue weighted by atomic mass is 9.99. The van der Waals surface area contributed by atoms with Gasteiger partial charge in [0, 0.05) is 19.6 Å². The fourth-order valence-electron chi connectivity index (χ4n) is 2.39. The second-order valence-corrected chi connectivity index (χ2v) is 4.72. The molecule has 0 radical (unpaired) electrons. The number of carbonyl (C=O) groups excluding carboxylic acids is 1. The smallest absolute Gasteiger partial charge is 0.307 e. The largest absolute Gasteiger partial charge is 0.497 e. The summed E-state index contributed by atoms with van der Waals surface area (Å²) in [7, 11) is 1.69. The lowest BCUT2D eigenvalue weighted by molar-refractivity contribution is -0.143. The van der Waals surface area contributed by atoms with Crippen LogP contribution in [0.25, 0.3) is 0 Å². The van der Waals surface area contributed by atoms with Gasteiger partial charge in [-0.05, 0) is 36.6 Å². The zero-order valence-corrected chi connectivity index (χ0v) is 11.6. The number of nitrogens with zero attached hydrogens (tertiary/aromatic N) is 1. The highest BCUT2D eigenvalue weighted by atomic mass is 16.5. The molecule has 0 spiro atoms. The molecule has 4 heteroatoms. The molecule has 0 unspecified atom stereocenters. The number of fused-ring (bicyclic) bond motifs is 1. The van der Waals surface area contributed by atoms with Crippen molar-refractivity contribution in [3.63, 3.8) is 0 Å². The highest BCUT2D eigenvalue weighted by Gasteiger charge is 2.17. The normalized spacial score (nSPS) is 14.8. The first-order valence-electron chi connectivity index (χ1n) is 6.76. The first-order valence-corrected chi connectivity index (χ1v) is 6.76. The van der Waals surface area contributed by atoms with Gasteiger partial charge in [-0.25, -0.2) is 0 Å². The Morgan fingerprint density at radius 2 is 2.21 bits per heavy atom. The highest BCUT2D eigenvalue weighted by Crippen LogP contribution is 2.23. The number of methoxy groups -OCH3 is 1. The van der Waals surface area contributed by atoms with E-state index in [4.69, 9.17) is 9.47 Å². The van der Waals surface area contributed by atoms with E-state index in [0.29, 0.717) is 13.0 Å². The number of hydrogen-bond donors (Lipinski definition) is 0. The SMILES string of the molecule is CCOC(=O)CCN1CCc2cc(OC)ccc2C1. The van der Waals surface area contributed by atoms with Crippen LogP contribution in [-0.2, 0) is 22.5 Å². The van der Waals surface area contributed by atoms with Crippen molar-refractivity contribution in [3.05, 3.63) is 29.3 Å². The molecule has 0 aromatic heterocycles. The third kappa shape index (κ3) is 3.70. The van der Waals surface area contributed by atoms with Crippen molar-refractivity contribution < 1.29 is 14.3 Å². The van der Waals surface area contributed by atoms with E-state index in [0.717, 1.165) is 31.8 Å². The molecule has 0 N–H and O–H groups in total. The first kappa shape index (κ1) is 13.9. The molecule has 0 saturated heterocycles. The monoisotopic (exact) mass is 263 g/mol. The molecular weight excluding hydrogens is 242 g/mol. The van der Waals surface area contributed by atoms with Crippen molar-refractivity contribution in [3.8, 4) is 5.75 Å². The lowest BCUT2D eigenvalue weighted by Crippen LogP contribution is -2.32. The Hall–Kier alpha value is -1.55. The van der Waals surface area contributed by atoms with Gasteiger partial charge in [-0.15, -0.1) is 0 Å².